The van der Waals surface area contributed by atoms with Crippen molar-refractivity contribution < 1.29 is 13.2 Å². The minimum Gasteiger partial charge on any atom is -0.324 e. The molecule has 0 spiro atoms. The Balaban J connectivity index is 0.00000289. The number of hydrogen-bond donors (Lipinski definition) is 1. The number of benzene rings is 1. The number of alkyl halides is 3. The Bertz CT molecular complexity index is 380. The van der Waals surface area contributed by atoms with Crippen molar-refractivity contribution in [2.45, 2.75) is 38.4 Å². The lowest BCUT2D eigenvalue weighted by molar-refractivity contribution is -0.138. The first kappa shape index (κ1) is 17.6. The number of unbranched alkanes of at least 4 members (excludes halogenated alkanes) is 1. The standard InChI is InChI=1S/C12H15ClF3N.ClH/c1-2-3-4-11(17)9-6-5-8(13)7-10(9)12(14,15)16;/h5-7,11H,2-4,17H2,1H3;1H/t11-;/m0./s1. The maximum atomic E-state index is 12.8. The average Bonchev–Trinajstić information content (AvgIpc) is 2.24. The molecule has 0 unspecified atom stereocenters. The molecule has 6 heteroatoms. The molecule has 0 saturated heterocycles. The lowest BCUT2D eigenvalue weighted by Gasteiger charge is -2.18. The predicted octanol–water partition coefficient (Wildman–Crippen LogP) is 4.97. The van der Waals surface area contributed by atoms with E-state index in [0.29, 0.717) is 6.42 Å². The molecule has 0 bridgehead atoms. The molecule has 0 saturated carbocycles. The van der Waals surface area contributed by atoms with E-state index in [1.54, 1.807) is 0 Å². The Kier molecular flexibility index (Phi) is 7.04. The van der Waals surface area contributed by atoms with Gasteiger partial charge in [0.15, 0.2) is 0 Å². The van der Waals surface area contributed by atoms with Gasteiger partial charge in [-0.05, 0) is 24.1 Å². The fourth-order valence-electron chi connectivity index (χ4n) is 1.68. The topological polar surface area (TPSA) is 26.0 Å². The summed E-state index contributed by atoms with van der Waals surface area (Å²) in [5.41, 5.74) is 5.18. The van der Waals surface area contributed by atoms with Crippen LogP contribution in [0.3, 0.4) is 0 Å². The molecule has 0 heterocycles. The summed E-state index contributed by atoms with van der Waals surface area (Å²) in [7, 11) is 0. The third-order valence-corrected chi connectivity index (χ3v) is 2.82. The number of nitrogens with two attached hydrogens (primary N) is 1. The van der Waals surface area contributed by atoms with Crippen molar-refractivity contribution in [3.8, 4) is 0 Å². The second-order valence-corrected chi connectivity index (χ2v) is 4.41. The van der Waals surface area contributed by atoms with E-state index in [4.69, 9.17) is 17.3 Å². The molecule has 0 amide bonds. The first-order valence-electron chi connectivity index (χ1n) is 5.48. The van der Waals surface area contributed by atoms with Crippen molar-refractivity contribution in [3.63, 3.8) is 0 Å². The highest BCUT2D eigenvalue weighted by atomic mass is 35.5. The zero-order valence-corrected chi connectivity index (χ0v) is 11.5. The number of rotatable bonds is 4. The molecule has 0 fully saturated rings. The summed E-state index contributed by atoms with van der Waals surface area (Å²) in [6.45, 7) is 1.97. The van der Waals surface area contributed by atoms with E-state index >= 15 is 0 Å². The van der Waals surface area contributed by atoms with E-state index < -0.39 is 17.8 Å². The Morgan fingerprint density at radius 2 is 1.94 bits per heavy atom. The van der Waals surface area contributed by atoms with Crippen LogP contribution in [0.2, 0.25) is 5.02 Å². The van der Waals surface area contributed by atoms with E-state index in [2.05, 4.69) is 0 Å². The first-order valence-corrected chi connectivity index (χ1v) is 5.86. The van der Waals surface area contributed by atoms with Crippen molar-refractivity contribution in [2.75, 3.05) is 0 Å². The molecule has 1 nitrogen and oxygen atoms in total. The predicted molar refractivity (Wildman–Crippen MR) is 70.2 cm³/mol. The van der Waals surface area contributed by atoms with Gasteiger partial charge in [0.2, 0.25) is 0 Å². The Labute approximate surface area is 116 Å². The maximum absolute atomic E-state index is 12.8. The largest absolute Gasteiger partial charge is 0.416 e. The number of hydrogen-bond acceptors (Lipinski definition) is 1. The Hall–Kier alpha value is -0.450. The van der Waals surface area contributed by atoms with E-state index in [1.165, 1.54) is 12.1 Å². The summed E-state index contributed by atoms with van der Waals surface area (Å²) in [5.74, 6) is 0. The fraction of sp³-hybridized carbons (Fsp3) is 0.500. The molecule has 0 aliphatic heterocycles. The lowest BCUT2D eigenvalue weighted by Crippen LogP contribution is -2.17. The van der Waals surface area contributed by atoms with Crippen LogP contribution in [0.15, 0.2) is 18.2 Å². The third-order valence-electron chi connectivity index (χ3n) is 2.59. The van der Waals surface area contributed by atoms with Gasteiger partial charge in [0.05, 0.1) is 5.56 Å². The van der Waals surface area contributed by atoms with Gasteiger partial charge >= 0.3 is 6.18 Å². The van der Waals surface area contributed by atoms with Gasteiger partial charge in [0, 0.05) is 11.1 Å². The highest BCUT2D eigenvalue weighted by Gasteiger charge is 2.34. The zero-order valence-electron chi connectivity index (χ0n) is 9.93. The van der Waals surface area contributed by atoms with Gasteiger partial charge in [0.1, 0.15) is 0 Å². The van der Waals surface area contributed by atoms with Crippen LogP contribution in [0, 0.1) is 0 Å². The quantitative estimate of drug-likeness (QED) is 0.835. The Morgan fingerprint density at radius 3 is 2.44 bits per heavy atom. The smallest absolute Gasteiger partial charge is 0.324 e. The molecule has 0 aliphatic carbocycles. The van der Waals surface area contributed by atoms with Gasteiger partial charge in [-0.3, -0.25) is 0 Å². The third kappa shape index (κ3) is 4.67. The van der Waals surface area contributed by atoms with E-state index in [1.807, 2.05) is 6.92 Å². The molecule has 0 radical (unpaired) electrons. The number of halogens is 5. The van der Waals surface area contributed by atoms with Gasteiger partial charge in [-0.1, -0.05) is 37.4 Å². The molecule has 0 aliphatic rings. The molecule has 104 valence electrons. The van der Waals surface area contributed by atoms with Crippen molar-refractivity contribution in [2.24, 2.45) is 5.73 Å². The van der Waals surface area contributed by atoms with E-state index in [0.717, 1.165) is 18.9 Å². The van der Waals surface area contributed by atoms with Crippen LogP contribution < -0.4 is 5.73 Å². The fourth-order valence-corrected chi connectivity index (χ4v) is 1.85. The molecule has 1 aromatic rings. The second-order valence-electron chi connectivity index (χ2n) is 3.98. The molecular formula is C12H16Cl2F3N. The highest BCUT2D eigenvalue weighted by molar-refractivity contribution is 6.30. The van der Waals surface area contributed by atoms with Crippen LogP contribution in [-0.2, 0) is 6.18 Å². The summed E-state index contributed by atoms with van der Waals surface area (Å²) in [6, 6.07) is 3.15. The average molecular weight is 302 g/mol. The molecule has 18 heavy (non-hydrogen) atoms. The summed E-state index contributed by atoms with van der Waals surface area (Å²) in [5, 5.41) is 0.0729. The Morgan fingerprint density at radius 1 is 1.33 bits per heavy atom. The monoisotopic (exact) mass is 301 g/mol. The minimum atomic E-state index is -4.41. The van der Waals surface area contributed by atoms with Crippen LogP contribution >= 0.6 is 24.0 Å². The zero-order chi connectivity index (χ0) is 13.1. The van der Waals surface area contributed by atoms with Crippen LogP contribution in [0.4, 0.5) is 13.2 Å². The van der Waals surface area contributed by atoms with Crippen molar-refractivity contribution >= 4 is 24.0 Å². The second kappa shape index (κ2) is 7.22. The van der Waals surface area contributed by atoms with Gasteiger partial charge in [-0.15, -0.1) is 12.4 Å². The highest BCUT2D eigenvalue weighted by Crippen LogP contribution is 2.36. The van der Waals surface area contributed by atoms with Gasteiger partial charge < -0.3 is 5.73 Å². The summed E-state index contributed by atoms with van der Waals surface area (Å²) >= 11 is 5.59. The molecule has 1 aromatic carbocycles. The first-order chi connectivity index (χ1) is 7.86. The molecule has 0 aromatic heterocycles. The SMILES string of the molecule is CCCC[C@H](N)c1ccc(Cl)cc1C(F)(F)F.Cl. The lowest BCUT2D eigenvalue weighted by atomic mass is 9.96. The van der Waals surface area contributed by atoms with Crippen LogP contribution in [0.25, 0.3) is 0 Å². The maximum Gasteiger partial charge on any atom is 0.416 e. The molecule has 1 atom stereocenters. The molecule has 1 rings (SSSR count). The van der Waals surface area contributed by atoms with Crippen LogP contribution in [0.1, 0.15) is 43.4 Å². The van der Waals surface area contributed by atoms with Crippen molar-refractivity contribution in [1.82, 2.24) is 0 Å². The van der Waals surface area contributed by atoms with Gasteiger partial charge in [0.25, 0.3) is 0 Å². The minimum absolute atomic E-state index is 0. The van der Waals surface area contributed by atoms with Crippen LogP contribution in [-0.4, -0.2) is 0 Å². The molecule has 2 N–H and O–H groups in total. The molecular weight excluding hydrogens is 286 g/mol. The van der Waals surface area contributed by atoms with Crippen molar-refractivity contribution in [3.05, 3.63) is 34.3 Å². The van der Waals surface area contributed by atoms with E-state index in [9.17, 15) is 13.2 Å². The van der Waals surface area contributed by atoms with Gasteiger partial charge in [-0.2, -0.15) is 13.2 Å². The normalized spacial score (nSPS) is 13.0. The van der Waals surface area contributed by atoms with E-state index in [-0.39, 0.29) is 23.0 Å². The summed E-state index contributed by atoms with van der Waals surface area (Å²) in [4.78, 5) is 0. The summed E-state index contributed by atoms with van der Waals surface area (Å²) in [6.07, 6.45) is -2.16. The van der Waals surface area contributed by atoms with Gasteiger partial charge in [-0.25, -0.2) is 0 Å². The van der Waals surface area contributed by atoms with Crippen molar-refractivity contribution in [1.29, 1.82) is 0 Å². The summed E-state index contributed by atoms with van der Waals surface area (Å²) < 4.78 is 38.4. The van der Waals surface area contributed by atoms with Crippen LogP contribution in [0.5, 0.6) is 0 Å².